The van der Waals surface area contributed by atoms with E-state index in [2.05, 4.69) is 85.3 Å². The van der Waals surface area contributed by atoms with Crippen LogP contribution in [0.5, 0.6) is 0 Å². The molecule has 0 amide bonds. The number of carboxylic acid groups (broad SMARTS) is 2. The number of unbranched alkanes of at least 4 members (excludes halogenated alkanes) is 3. The van der Waals surface area contributed by atoms with Crippen LogP contribution in [-0.2, 0) is 50.8 Å². The van der Waals surface area contributed by atoms with Crippen LogP contribution >= 0.6 is 67.8 Å². The molecule has 0 aromatic heterocycles. The molecule has 3 atom stereocenters. The number of halogens is 3. The Morgan fingerprint density at radius 1 is 0.839 bits per heavy atom. The summed E-state index contributed by atoms with van der Waals surface area (Å²) in [5.41, 5.74) is 1.25. The van der Waals surface area contributed by atoms with Crippen molar-refractivity contribution in [1.29, 1.82) is 0 Å². The average molecular weight is 1260 g/mol. The van der Waals surface area contributed by atoms with Crippen molar-refractivity contribution in [2.45, 2.75) is 94.3 Å². The number of benzene rings is 2. The number of allylic oxidation sites excluding steroid dienone is 8. The molecule has 5 N–H and O–H groups in total. The van der Waals surface area contributed by atoms with Gasteiger partial charge in [0.25, 0.3) is 30.4 Å². The van der Waals surface area contributed by atoms with Crippen LogP contribution < -0.4 is 4.90 Å². The van der Waals surface area contributed by atoms with Gasteiger partial charge in [0.15, 0.2) is 11.6 Å². The number of fused-ring (bicyclic) bond motifs is 2. The fourth-order valence-electron chi connectivity index (χ4n) is 8.34. The first kappa shape index (κ1) is 52.4. The second-order valence-corrected chi connectivity index (χ2v) is 23.3. The molecule has 0 spiro atoms. The van der Waals surface area contributed by atoms with Gasteiger partial charge in [0.05, 0.1) is 27.5 Å². The van der Waals surface area contributed by atoms with E-state index in [1.807, 2.05) is 19.1 Å². The Morgan fingerprint density at radius 3 is 2.10 bits per heavy atom. The van der Waals surface area contributed by atoms with Crippen LogP contribution in [0.3, 0.4) is 0 Å². The van der Waals surface area contributed by atoms with Gasteiger partial charge >= 0.3 is 11.9 Å². The highest BCUT2D eigenvalue weighted by atomic mass is 127. The minimum atomic E-state index is -4.74. The summed E-state index contributed by atoms with van der Waals surface area (Å²) in [6.45, 7) is 5.85. The van der Waals surface area contributed by atoms with Crippen molar-refractivity contribution < 1.29 is 63.3 Å². The number of rotatable bonds is 22. The molecular weight excluding hydrogens is 1210 g/mol. The highest BCUT2D eigenvalue weighted by Gasteiger charge is 2.52. The Morgan fingerprint density at radius 2 is 1.50 bits per heavy atom. The van der Waals surface area contributed by atoms with Crippen molar-refractivity contribution in [3.8, 4) is 0 Å². The Balaban J connectivity index is 1.80. The third-order valence-corrected chi connectivity index (χ3v) is 18.6. The smallest absolute Gasteiger partial charge is 0.307 e. The second-order valence-electron chi connectivity index (χ2n) is 15.6. The number of hydrogen-bond donors (Lipinski definition) is 5. The van der Waals surface area contributed by atoms with Gasteiger partial charge in [0.1, 0.15) is 6.54 Å². The standard InChI is InChI=1S/C41H49I3N2O13S3/c1-4-5-15-28(39(49)50)41(3)29-24-27(62(57,58)59)19-20-31(29)46(26-61(54,55)56)34(41)17-11-8-6-7-10-16-33-40(2,21-13-9-12-18-35(47)48)36-32(25-30(42)37(43)38(36)44)45(33)22-14-23-60(51,52)53/h6-8,10-11,16-17,19-20,24-25,28H,4-5,9,12-15,18,21-23,26H2,1-3H3,(H4-,47,48,49,50,51,52,53,54,55,56,57,58,59)/p+1. The molecule has 4 rings (SSSR count). The zero-order valence-electron chi connectivity index (χ0n) is 34.2. The highest BCUT2D eigenvalue weighted by Crippen LogP contribution is 2.54. The summed E-state index contributed by atoms with van der Waals surface area (Å²) in [7, 11) is -13.7. The van der Waals surface area contributed by atoms with Gasteiger partial charge in [0.2, 0.25) is 5.69 Å². The van der Waals surface area contributed by atoms with Crippen LogP contribution in [0.4, 0.5) is 11.4 Å². The quantitative estimate of drug-likeness (QED) is 0.0185. The van der Waals surface area contributed by atoms with Gasteiger partial charge in [0, 0.05) is 52.5 Å². The van der Waals surface area contributed by atoms with Crippen LogP contribution in [0, 0.1) is 16.6 Å². The summed E-state index contributed by atoms with van der Waals surface area (Å²) in [5.74, 6) is -4.63. The van der Waals surface area contributed by atoms with Crippen molar-refractivity contribution in [1.82, 2.24) is 0 Å². The number of anilines is 1. The van der Waals surface area contributed by atoms with Gasteiger partial charge in [-0.3, -0.25) is 23.2 Å². The number of carbonyl (C=O) groups is 2. The highest BCUT2D eigenvalue weighted by molar-refractivity contribution is 14.1. The minimum absolute atomic E-state index is 0.0624. The number of nitrogens with zero attached hydrogens (tertiary/aromatic N) is 2. The maximum atomic E-state index is 12.9. The molecule has 0 radical (unpaired) electrons. The molecule has 2 aromatic carbocycles. The van der Waals surface area contributed by atoms with Gasteiger partial charge in [-0.15, -0.1) is 0 Å². The summed E-state index contributed by atoms with van der Waals surface area (Å²) in [4.78, 5) is 24.8. The van der Waals surface area contributed by atoms with Crippen molar-refractivity contribution in [3.63, 3.8) is 0 Å². The fourth-order valence-corrected chi connectivity index (χ4v) is 12.6. The van der Waals surface area contributed by atoms with Gasteiger partial charge in [-0.1, -0.05) is 63.0 Å². The molecule has 0 bridgehead atoms. The van der Waals surface area contributed by atoms with E-state index >= 15 is 0 Å². The van der Waals surface area contributed by atoms with Crippen molar-refractivity contribution in [3.05, 3.63) is 94.3 Å². The minimum Gasteiger partial charge on any atom is -0.481 e. The fraction of sp³-hybridized carbons (Fsp3) is 0.439. The molecule has 2 aromatic rings. The Hall–Kier alpha value is -2.27. The summed E-state index contributed by atoms with van der Waals surface area (Å²) in [6, 6.07) is 5.54. The SMILES string of the molecule is CCCCC(C(=O)O)C1(C)/C(=C/C=C/C=C/C=C/C2=[N+](CCCS(=O)(=O)O)c3cc(I)c(I)c(I)c3C2(C)CCCCCC(=O)O)N(CS(=O)(=O)O)c2ccc(S(=O)(=O)O)cc21. The van der Waals surface area contributed by atoms with Gasteiger partial charge < -0.3 is 15.1 Å². The number of aliphatic carboxylic acids is 2. The number of carboxylic acids is 2. The number of hydrogen-bond acceptors (Lipinski definition) is 9. The van der Waals surface area contributed by atoms with E-state index < -0.39 is 75.6 Å². The third kappa shape index (κ3) is 12.5. The first-order chi connectivity index (χ1) is 28.8. The Labute approximate surface area is 404 Å². The summed E-state index contributed by atoms with van der Waals surface area (Å²) < 4.78 is 107. The maximum Gasteiger partial charge on any atom is 0.307 e. The zero-order valence-corrected chi connectivity index (χ0v) is 43.1. The Kier molecular flexibility index (Phi) is 18.0. The summed E-state index contributed by atoms with van der Waals surface area (Å²) >= 11 is 6.91. The molecule has 21 heteroatoms. The summed E-state index contributed by atoms with van der Waals surface area (Å²) in [5, 5.41) is 19.7. The Bertz CT molecular complexity index is 2570. The lowest BCUT2D eigenvalue weighted by molar-refractivity contribution is -0.437. The van der Waals surface area contributed by atoms with Crippen LogP contribution in [0.15, 0.2) is 77.4 Å². The van der Waals surface area contributed by atoms with Crippen LogP contribution in [0.1, 0.15) is 89.7 Å². The normalized spacial score (nSPS) is 20.6. The molecule has 3 unspecified atom stereocenters. The van der Waals surface area contributed by atoms with E-state index in [-0.39, 0.29) is 42.8 Å². The zero-order chi connectivity index (χ0) is 46.4. The van der Waals surface area contributed by atoms with E-state index in [9.17, 15) is 58.7 Å². The first-order valence-electron chi connectivity index (χ1n) is 19.6. The van der Waals surface area contributed by atoms with E-state index in [1.165, 1.54) is 17.0 Å². The van der Waals surface area contributed by atoms with Crippen LogP contribution in [0.25, 0.3) is 0 Å². The molecule has 2 aliphatic heterocycles. The van der Waals surface area contributed by atoms with Gasteiger partial charge in [-0.05, 0) is 131 Å². The molecule has 2 heterocycles. The molecule has 0 saturated carbocycles. The van der Waals surface area contributed by atoms with Crippen LogP contribution in [-0.4, -0.2) is 89.5 Å². The molecule has 0 saturated heterocycles. The molecule has 0 fully saturated rings. The summed E-state index contributed by atoms with van der Waals surface area (Å²) in [6.07, 6.45) is 16.0. The van der Waals surface area contributed by atoms with Crippen LogP contribution in [0.2, 0.25) is 0 Å². The van der Waals surface area contributed by atoms with Crippen molar-refractivity contribution in [2.24, 2.45) is 5.92 Å². The molecule has 62 heavy (non-hydrogen) atoms. The van der Waals surface area contributed by atoms with E-state index in [4.69, 9.17) is 0 Å². The van der Waals surface area contributed by atoms with E-state index in [1.54, 1.807) is 31.2 Å². The predicted molar refractivity (Wildman–Crippen MR) is 262 cm³/mol. The molecule has 340 valence electrons. The monoisotopic (exact) mass is 1250 g/mol. The molecule has 2 aliphatic rings. The third-order valence-electron chi connectivity index (χ3n) is 11.2. The van der Waals surface area contributed by atoms with Crippen molar-refractivity contribution >= 4 is 127 Å². The van der Waals surface area contributed by atoms with Crippen molar-refractivity contribution in [2.75, 3.05) is 23.1 Å². The maximum absolute atomic E-state index is 12.9. The molecule has 15 nitrogen and oxygen atoms in total. The molecular formula is C41H50I3N2O13S3+. The lowest BCUT2D eigenvalue weighted by Gasteiger charge is -2.35. The molecule has 0 aliphatic carbocycles. The lowest BCUT2D eigenvalue weighted by Crippen LogP contribution is -2.41. The van der Waals surface area contributed by atoms with E-state index in [0.717, 1.165) is 46.2 Å². The van der Waals surface area contributed by atoms with Gasteiger partial charge in [-0.25, -0.2) is 0 Å². The lowest BCUT2D eigenvalue weighted by atomic mass is 9.69. The largest absolute Gasteiger partial charge is 0.481 e. The van der Waals surface area contributed by atoms with E-state index in [0.29, 0.717) is 32.1 Å². The predicted octanol–water partition coefficient (Wildman–Crippen LogP) is 8.48. The first-order valence-corrected chi connectivity index (χ1v) is 27.5. The second kappa shape index (κ2) is 21.4. The van der Waals surface area contributed by atoms with Gasteiger partial charge in [-0.2, -0.15) is 29.8 Å². The topological polar surface area (TPSA) is 244 Å². The average Bonchev–Trinajstić information content (AvgIpc) is 3.51.